The molecule has 0 spiro atoms. The summed E-state index contributed by atoms with van der Waals surface area (Å²) in [6.45, 7) is 15.0. The maximum absolute atomic E-state index is 2.30. The van der Waals surface area contributed by atoms with Crippen LogP contribution in [0.3, 0.4) is 0 Å². The summed E-state index contributed by atoms with van der Waals surface area (Å²) >= 11 is 0. The first-order valence-electron chi connectivity index (χ1n) is 13.2. The van der Waals surface area contributed by atoms with Crippen molar-refractivity contribution in [2.24, 2.45) is 11.8 Å². The second kappa shape index (κ2) is 12.0. The van der Waals surface area contributed by atoms with Crippen LogP contribution < -0.4 is 18.3 Å². The molecule has 0 aromatic carbocycles. The molecule has 0 N–H and O–H groups in total. The third-order valence-corrected chi connectivity index (χ3v) is 6.91. The monoisotopic (exact) mass is 480 g/mol. The van der Waals surface area contributed by atoms with Gasteiger partial charge in [-0.2, -0.15) is 18.3 Å². The molecule has 0 saturated carbocycles. The summed E-state index contributed by atoms with van der Waals surface area (Å²) in [5.74, 6) is 1.42. The van der Waals surface area contributed by atoms with E-state index in [1.54, 1.807) is 0 Å². The Morgan fingerprint density at radius 1 is 0.543 bits per heavy atom. The molecule has 188 valence electrons. The Hall–Kier alpha value is -3.16. The molecular weight excluding hydrogens is 436 g/mol. The Bertz CT molecular complexity index is 1070. The van der Waals surface area contributed by atoms with Gasteiger partial charge in [0.05, 0.1) is 26.2 Å². The highest BCUT2D eigenvalue weighted by Crippen LogP contribution is 2.04. The van der Waals surface area contributed by atoms with Crippen LogP contribution in [-0.2, 0) is 39.5 Å². The average Bonchev–Trinajstić information content (AvgIpc) is 3.65. The molecule has 8 nitrogen and oxygen atoms in total. The molecule has 0 amide bonds. The predicted molar refractivity (Wildman–Crippen MR) is 133 cm³/mol. The maximum atomic E-state index is 2.30. The molecule has 35 heavy (non-hydrogen) atoms. The largest absolute Gasteiger partial charge is 0.246 e. The maximum Gasteiger partial charge on any atom is 0.246 e. The first kappa shape index (κ1) is 24.9. The molecule has 0 aliphatic carbocycles. The standard InChI is InChI=1S/C27H44N8/c1-5-26(3)18-30-12-16-34(22-30)24-32-14-10-28(20-32)8-7-9-29-11-15-33(21-29)25-35-17-13-31(23-35)19-27(4)6-2/h10-17,20-23,26-27H,5-9,18-19,24-25H2,1-4H3/q+4/t26-,27-/m0/s1. The van der Waals surface area contributed by atoms with Crippen LogP contribution in [0.2, 0.25) is 0 Å². The van der Waals surface area contributed by atoms with Crippen molar-refractivity contribution in [3.8, 4) is 0 Å². The first-order chi connectivity index (χ1) is 17.0. The van der Waals surface area contributed by atoms with Gasteiger partial charge >= 0.3 is 0 Å². The molecule has 4 rings (SSSR count). The summed E-state index contributed by atoms with van der Waals surface area (Å²) in [6.07, 6.45) is 29.7. The van der Waals surface area contributed by atoms with Gasteiger partial charge in [0, 0.05) is 6.42 Å². The zero-order valence-electron chi connectivity index (χ0n) is 22.0. The number of aromatic nitrogens is 8. The number of hydrogen-bond acceptors (Lipinski definition) is 0. The van der Waals surface area contributed by atoms with Crippen molar-refractivity contribution < 1.29 is 18.3 Å². The Balaban J connectivity index is 1.21. The lowest BCUT2D eigenvalue weighted by atomic mass is 10.1. The van der Waals surface area contributed by atoms with Gasteiger partial charge in [-0.1, -0.05) is 27.7 Å². The molecule has 0 fully saturated rings. The summed E-state index contributed by atoms with van der Waals surface area (Å²) in [7, 11) is 0. The van der Waals surface area contributed by atoms with E-state index in [0.29, 0.717) is 11.8 Å². The van der Waals surface area contributed by atoms with Gasteiger partial charge in [-0.3, -0.25) is 0 Å². The number of nitrogens with zero attached hydrogens (tertiary/aromatic N) is 8. The van der Waals surface area contributed by atoms with Crippen molar-refractivity contribution in [3.63, 3.8) is 0 Å². The minimum Gasteiger partial charge on any atom is -0.237 e. The van der Waals surface area contributed by atoms with Crippen LogP contribution in [0.1, 0.15) is 47.0 Å². The van der Waals surface area contributed by atoms with Gasteiger partial charge in [-0.15, -0.1) is 0 Å². The highest BCUT2D eigenvalue weighted by Gasteiger charge is 2.13. The third-order valence-electron chi connectivity index (χ3n) is 6.91. The Morgan fingerprint density at radius 2 is 0.886 bits per heavy atom. The molecule has 0 saturated heterocycles. The number of hydrogen-bond donors (Lipinski definition) is 0. The zero-order chi connectivity index (χ0) is 24.6. The van der Waals surface area contributed by atoms with Gasteiger partial charge < -0.3 is 0 Å². The van der Waals surface area contributed by atoms with Crippen molar-refractivity contribution in [2.75, 3.05) is 0 Å². The molecule has 2 atom stereocenters. The smallest absolute Gasteiger partial charge is 0.237 e. The Labute approximate surface area is 209 Å². The number of imidazole rings is 4. The lowest BCUT2D eigenvalue weighted by Gasteiger charge is -2.03. The lowest BCUT2D eigenvalue weighted by Crippen LogP contribution is -2.49. The van der Waals surface area contributed by atoms with Crippen LogP contribution >= 0.6 is 0 Å². The van der Waals surface area contributed by atoms with E-state index in [-0.39, 0.29) is 0 Å². The fourth-order valence-corrected chi connectivity index (χ4v) is 4.36. The second-order valence-electron chi connectivity index (χ2n) is 10.2. The average molecular weight is 481 g/mol. The van der Waals surface area contributed by atoms with E-state index < -0.39 is 0 Å². The van der Waals surface area contributed by atoms with Gasteiger partial charge in [0.25, 0.3) is 0 Å². The van der Waals surface area contributed by atoms with Crippen LogP contribution in [0.5, 0.6) is 0 Å². The molecule has 0 radical (unpaired) electrons. The minimum atomic E-state index is 0.708. The highest BCUT2D eigenvalue weighted by molar-refractivity contribution is 4.70. The van der Waals surface area contributed by atoms with Gasteiger partial charge in [0.1, 0.15) is 49.6 Å². The summed E-state index contributed by atoms with van der Waals surface area (Å²) < 4.78 is 18.1. The minimum absolute atomic E-state index is 0.708. The SMILES string of the molecule is CC[C@H](C)Cn1cc[n+](C[n+]2ccn(CCCn3cc[n+](C[n+]4ccn(C[C@@H](C)CC)c4)c3)c2)c1. The highest BCUT2D eigenvalue weighted by atomic mass is 15.2. The van der Waals surface area contributed by atoms with Crippen LogP contribution in [0.4, 0.5) is 0 Å². The molecule has 4 heterocycles. The quantitative estimate of drug-likeness (QED) is 0.248. The summed E-state index contributed by atoms with van der Waals surface area (Å²) in [5.41, 5.74) is 0. The fourth-order valence-electron chi connectivity index (χ4n) is 4.36. The van der Waals surface area contributed by atoms with E-state index in [9.17, 15) is 0 Å². The number of aryl methyl sites for hydroxylation is 2. The van der Waals surface area contributed by atoms with Crippen LogP contribution in [0.25, 0.3) is 0 Å². The summed E-state index contributed by atoms with van der Waals surface area (Å²) in [6, 6.07) is 0. The predicted octanol–water partition coefficient (Wildman–Crippen LogP) is 2.24. The number of rotatable bonds is 14. The second-order valence-corrected chi connectivity index (χ2v) is 10.2. The first-order valence-corrected chi connectivity index (χ1v) is 13.2. The van der Waals surface area contributed by atoms with E-state index in [0.717, 1.165) is 45.9 Å². The van der Waals surface area contributed by atoms with Crippen molar-refractivity contribution >= 4 is 0 Å². The third kappa shape index (κ3) is 7.41. The fraction of sp³-hybridized carbons (Fsp3) is 0.556. The van der Waals surface area contributed by atoms with E-state index in [1.165, 1.54) is 12.8 Å². The van der Waals surface area contributed by atoms with Gasteiger partial charge in [0.2, 0.25) is 38.6 Å². The molecule has 4 aromatic heterocycles. The van der Waals surface area contributed by atoms with Crippen molar-refractivity contribution in [2.45, 2.75) is 86.5 Å². The summed E-state index contributed by atoms with van der Waals surface area (Å²) in [5, 5.41) is 0. The van der Waals surface area contributed by atoms with E-state index in [1.807, 2.05) is 0 Å². The molecule has 8 heteroatoms. The summed E-state index contributed by atoms with van der Waals surface area (Å²) in [4.78, 5) is 0. The van der Waals surface area contributed by atoms with Gasteiger partial charge in [-0.25, -0.2) is 18.3 Å². The van der Waals surface area contributed by atoms with Crippen LogP contribution in [0, 0.1) is 11.8 Å². The van der Waals surface area contributed by atoms with Crippen LogP contribution in [0.15, 0.2) is 74.9 Å². The van der Waals surface area contributed by atoms with Crippen molar-refractivity contribution in [3.05, 3.63) is 74.9 Å². The normalized spacial score (nSPS) is 13.4. The van der Waals surface area contributed by atoms with Gasteiger partial charge in [0.15, 0.2) is 0 Å². The van der Waals surface area contributed by atoms with E-state index >= 15 is 0 Å². The lowest BCUT2D eigenvalue weighted by molar-refractivity contribution is -0.912. The van der Waals surface area contributed by atoms with Gasteiger partial charge in [-0.05, 0) is 24.7 Å². The molecule has 4 aromatic rings. The molecule has 0 aliphatic heterocycles. The van der Waals surface area contributed by atoms with E-state index in [2.05, 4.69) is 139 Å². The molecular formula is C27H44N8+4. The molecule has 0 bridgehead atoms. The topological polar surface area (TPSA) is 35.2 Å². The Kier molecular flexibility index (Phi) is 8.55. The zero-order valence-corrected chi connectivity index (χ0v) is 22.0. The van der Waals surface area contributed by atoms with Crippen molar-refractivity contribution in [1.29, 1.82) is 0 Å². The Morgan fingerprint density at radius 3 is 1.26 bits per heavy atom. The van der Waals surface area contributed by atoms with E-state index in [4.69, 9.17) is 0 Å². The van der Waals surface area contributed by atoms with Crippen LogP contribution in [-0.4, -0.2) is 18.3 Å². The van der Waals surface area contributed by atoms with Crippen molar-refractivity contribution in [1.82, 2.24) is 18.3 Å². The molecule has 0 unspecified atom stereocenters. The molecule has 0 aliphatic rings.